The smallest absolute Gasteiger partial charge is 0.410 e. The highest BCUT2D eigenvalue weighted by Crippen LogP contribution is 2.22. The third kappa shape index (κ3) is 8.40. The summed E-state index contributed by atoms with van der Waals surface area (Å²) in [5.41, 5.74) is 1.89. The average molecular weight is 497 g/mol. The summed E-state index contributed by atoms with van der Waals surface area (Å²) in [7, 11) is 3.37. The predicted octanol–water partition coefficient (Wildman–Crippen LogP) is 4.21. The van der Waals surface area contributed by atoms with E-state index in [0.29, 0.717) is 45.0 Å². The highest BCUT2D eigenvalue weighted by atomic mass is 16.7. The summed E-state index contributed by atoms with van der Waals surface area (Å²) in [5.74, 6) is 0.887. The van der Waals surface area contributed by atoms with Gasteiger partial charge in [0, 0.05) is 39.0 Å². The number of aromatic nitrogens is 1. The largest absolute Gasteiger partial charge is 0.497 e. The third-order valence-corrected chi connectivity index (χ3v) is 5.67. The van der Waals surface area contributed by atoms with Gasteiger partial charge in [0.1, 0.15) is 23.1 Å². The van der Waals surface area contributed by atoms with Crippen LogP contribution in [0.3, 0.4) is 0 Å². The number of pyridine rings is 1. The fourth-order valence-corrected chi connectivity index (χ4v) is 3.81. The van der Waals surface area contributed by atoms with Crippen molar-refractivity contribution < 1.29 is 23.7 Å². The molecule has 3 rings (SSSR count). The molecule has 0 bridgehead atoms. The van der Waals surface area contributed by atoms with Gasteiger partial charge in [-0.3, -0.25) is 0 Å². The fraction of sp³-hybridized carbons (Fsp3) is 0.519. The van der Waals surface area contributed by atoms with Gasteiger partial charge in [-0.1, -0.05) is 12.1 Å². The fourth-order valence-electron chi connectivity index (χ4n) is 3.81. The van der Waals surface area contributed by atoms with Crippen LogP contribution in [0.2, 0.25) is 0 Å². The van der Waals surface area contributed by atoms with Crippen LogP contribution in [0, 0.1) is 17.2 Å². The maximum absolute atomic E-state index is 12.2. The van der Waals surface area contributed by atoms with Gasteiger partial charge in [0.15, 0.2) is 6.29 Å². The minimum atomic E-state index is -0.530. The second-order valence-electron chi connectivity index (χ2n) is 9.89. The van der Waals surface area contributed by atoms with Crippen LogP contribution in [0.25, 0.3) is 0 Å². The molecule has 0 aliphatic carbocycles. The van der Waals surface area contributed by atoms with Crippen LogP contribution in [0.1, 0.15) is 38.4 Å². The standard InChI is InChI=1S/C27H36N4O5/c1-27(2,3)36-26(32)30(4)16-21-18-34-25(35-19-21)12-13-31(23-9-8-22(14-28)29-15-23)17-20-6-10-24(33-5)11-7-20/h6-11,15,21,25H,12-13,16-19H2,1-5H3. The Kier molecular flexibility index (Phi) is 9.51. The number of amides is 1. The van der Waals surface area contributed by atoms with Crippen molar-refractivity contribution in [1.82, 2.24) is 9.88 Å². The number of carbonyl (C=O) groups is 1. The first-order chi connectivity index (χ1) is 17.2. The van der Waals surface area contributed by atoms with Crippen LogP contribution in [-0.2, 0) is 20.8 Å². The zero-order chi connectivity index (χ0) is 26.1. The van der Waals surface area contributed by atoms with Crippen molar-refractivity contribution >= 4 is 11.8 Å². The van der Waals surface area contributed by atoms with E-state index in [-0.39, 0.29) is 18.3 Å². The summed E-state index contributed by atoms with van der Waals surface area (Å²) in [6.07, 6.45) is 1.69. The molecule has 9 heteroatoms. The molecule has 194 valence electrons. The van der Waals surface area contributed by atoms with Crippen molar-refractivity contribution in [3.05, 3.63) is 53.9 Å². The number of nitrogens with zero attached hydrogens (tertiary/aromatic N) is 4. The summed E-state index contributed by atoms with van der Waals surface area (Å²) in [5, 5.41) is 9.08. The van der Waals surface area contributed by atoms with E-state index in [1.807, 2.05) is 51.1 Å². The van der Waals surface area contributed by atoms with Crippen LogP contribution in [0.5, 0.6) is 5.75 Å². The molecule has 2 heterocycles. The van der Waals surface area contributed by atoms with Crippen molar-refractivity contribution in [3.63, 3.8) is 0 Å². The summed E-state index contributed by atoms with van der Waals surface area (Å²) in [6, 6.07) is 13.6. The number of rotatable bonds is 9. The zero-order valence-corrected chi connectivity index (χ0v) is 21.8. The van der Waals surface area contributed by atoms with Crippen LogP contribution in [0.4, 0.5) is 10.5 Å². The molecule has 2 aromatic rings. The van der Waals surface area contributed by atoms with Crippen molar-refractivity contribution in [2.24, 2.45) is 5.92 Å². The molecule has 9 nitrogen and oxygen atoms in total. The Balaban J connectivity index is 1.54. The second-order valence-corrected chi connectivity index (χ2v) is 9.89. The van der Waals surface area contributed by atoms with Crippen LogP contribution < -0.4 is 9.64 Å². The first kappa shape index (κ1) is 27.2. The molecule has 0 spiro atoms. The van der Waals surface area contributed by atoms with Gasteiger partial charge >= 0.3 is 6.09 Å². The number of hydrogen-bond acceptors (Lipinski definition) is 8. The molecular weight excluding hydrogens is 460 g/mol. The lowest BCUT2D eigenvalue weighted by Crippen LogP contribution is -2.42. The summed E-state index contributed by atoms with van der Waals surface area (Å²) in [6.45, 7) is 8.40. The summed E-state index contributed by atoms with van der Waals surface area (Å²) < 4.78 is 22.6. The van der Waals surface area contributed by atoms with Crippen molar-refractivity contribution in [1.29, 1.82) is 5.26 Å². The maximum atomic E-state index is 12.2. The predicted molar refractivity (Wildman–Crippen MR) is 136 cm³/mol. The van der Waals surface area contributed by atoms with Crippen LogP contribution in [0.15, 0.2) is 42.6 Å². The van der Waals surface area contributed by atoms with E-state index in [1.165, 1.54) is 0 Å². The second kappa shape index (κ2) is 12.6. The van der Waals surface area contributed by atoms with Gasteiger partial charge in [-0.25, -0.2) is 9.78 Å². The Morgan fingerprint density at radius 3 is 2.42 bits per heavy atom. The summed E-state index contributed by atoms with van der Waals surface area (Å²) in [4.78, 5) is 20.2. The number of anilines is 1. The lowest BCUT2D eigenvalue weighted by Gasteiger charge is -2.33. The first-order valence-corrected chi connectivity index (χ1v) is 12.1. The minimum absolute atomic E-state index is 0.0805. The van der Waals surface area contributed by atoms with Crippen molar-refractivity contribution in [2.75, 3.05) is 45.4 Å². The molecule has 1 aliphatic rings. The van der Waals surface area contributed by atoms with E-state index in [2.05, 4.69) is 16.0 Å². The number of ether oxygens (including phenoxy) is 4. The first-order valence-electron chi connectivity index (χ1n) is 12.1. The molecule has 1 aliphatic heterocycles. The van der Waals surface area contributed by atoms with Crippen molar-refractivity contribution in [3.8, 4) is 11.8 Å². The molecule has 1 amide bonds. The molecule has 0 unspecified atom stereocenters. The number of nitriles is 1. The lowest BCUT2D eigenvalue weighted by molar-refractivity contribution is -0.203. The molecule has 0 N–H and O–H groups in total. The van der Waals surface area contributed by atoms with E-state index in [4.69, 9.17) is 24.2 Å². The topological polar surface area (TPSA) is 97.2 Å². The molecule has 0 atom stereocenters. The number of hydrogen-bond donors (Lipinski definition) is 0. The van der Waals surface area contributed by atoms with Gasteiger partial charge in [0.25, 0.3) is 0 Å². The molecule has 1 aromatic heterocycles. The normalized spacial score (nSPS) is 17.7. The zero-order valence-electron chi connectivity index (χ0n) is 21.8. The van der Waals surface area contributed by atoms with E-state index < -0.39 is 5.60 Å². The Morgan fingerprint density at radius 1 is 1.17 bits per heavy atom. The molecule has 0 radical (unpaired) electrons. The van der Waals surface area contributed by atoms with Gasteiger partial charge < -0.3 is 28.7 Å². The third-order valence-electron chi connectivity index (χ3n) is 5.67. The Hall–Kier alpha value is -3.35. The lowest BCUT2D eigenvalue weighted by atomic mass is 10.1. The quantitative estimate of drug-likeness (QED) is 0.509. The Morgan fingerprint density at radius 2 is 1.86 bits per heavy atom. The Bertz CT molecular complexity index is 1010. The average Bonchev–Trinajstić information content (AvgIpc) is 2.87. The van der Waals surface area contributed by atoms with Gasteiger partial charge in [-0.15, -0.1) is 0 Å². The van der Waals surface area contributed by atoms with Crippen molar-refractivity contribution in [2.45, 2.75) is 45.6 Å². The van der Waals surface area contributed by atoms with E-state index in [1.54, 1.807) is 31.3 Å². The number of benzene rings is 1. The maximum Gasteiger partial charge on any atom is 0.410 e. The number of methoxy groups -OCH3 is 1. The highest BCUT2D eigenvalue weighted by molar-refractivity contribution is 5.67. The molecular formula is C27H36N4O5. The Labute approximate surface area is 213 Å². The van der Waals surface area contributed by atoms with E-state index in [0.717, 1.165) is 17.0 Å². The molecule has 0 saturated carbocycles. The monoisotopic (exact) mass is 496 g/mol. The highest BCUT2D eigenvalue weighted by Gasteiger charge is 2.27. The SMILES string of the molecule is COc1ccc(CN(CCC2OCC(CN(C)C(=O)OC(C)(C)C)CO2)c2ccc(C#N)nc2)cc1. The van der Waals surface area contributed by atoms with Crippen LogP contribution >= 0.6 is 0 Å². The van der Waals surface area contributed by atoms with Gasteiger partial charge in [0.2, 0.25) is 0 Å². The molecule has 36 heavy (non-hydrogen) atoms. The number of carbonyl (C=O) groups excluding carboxylic acids is 1. The van der Waals surface area contributed by atoms with Gasteiger partial charge in [-0.2, -0.15) is 5.26 Å². The molecule has 1 saturated heterocycles. The molecule has 1 fully saturated rings. The van der Waals surface area contributed by atoms with E-state index in [9.17, 15) is 4.79 Å². The molecule has 1 aromatic carbocycles. The van der Waals surface area contributed by atoms with Gasteiger partial charge in [0.05, 0.1) is 32.2 Å². The van der Waals surface area contributed by atoms with Gasteiger partial charge in [-0.05, 0) is 50.6 Å². The van der Waals surface area contributed by atoms with Crippen LogP contribution in [-0.4, -0.2) is 68.3 Å². The minimum Gasteiger partial charge on any atom is -0.497 e. The summed E-state index contributed by atoms with van der Waals surface area (Å²) >= 11 is 0. The van der Waals surface area contributed by atoms with E-state index >= 15 is 0 Å².